The van der Waals surface area contributed by atoms with Crippen molar-refractivity contribution in [1.29, 1.82) is 0 Å². The summed E-state index contributed by atoms with van der Waals surface area (Å²) in [5.74, 6) is 1.26. The van der Waals surface area contributed by atoms with Gasteiger partial charge in [-0.25, -0.2) is 24.8 Å². The molecule has 0 amide bonds. The SMILES string of the molecule is CC1(C)c2ccn(n2)-c2cccc(c2O)C(C)(C)C(C)(C)c2cccc(c2O)-n2ccc(n2)C1(C)C.CC1(C)c2ccn(n2)-c2cccc3cc([n-]c23)-c2cc3cccc(c3[n-]2)-n2ccc(n2)C1(C)C.Cc1cc2[c-]c(c1)C(C)(C)c1[c-]c(c(C(C)(C)C)s1)-n1ccc(n1)C(C)(C)C(C)(C)c1ccn-2n1.Cc1cc2[c-]c(c1)C(C)(C)c1[n-]c(c3ccccc13)-n1ccc(n1)C(C)(C)C(C)(C)c1ccn-2n1.[Pt+2].[Pt+2].[Pt+2].[Pt]. The van der Waals surface area contributed by atoms with Crippen LogP contribution in [-0.4, -0.2) is 88.5 Å². The van der Waals surface area contributed by atoms with Crippen molar-refractivity contribution in [1.82, 2.24) is 93.2 Å². The van der Waals surface area contributed by atoms with E-state index < -0.39 is 10.8 Å². The van der Waals surface area contributed by atoms with Crippen LogP contribution in [0.2, 0.25) is 0 Å². The van der Waals surface area contributed by atoms with Crippen molar-refractivity contribution in [3.05, 3.63) is 344 Å². The van der Waals surface area contributed by atoms with Crippen molar-refractivity contribution < 1.29 is 94.5 Å². The predicted molar refractivity (Wildman–Crippen MR) is 560 cm³/mol. The molecule has 26 heteroatoms. The van der Waals surface area contributed by atoms with Gasteiger partial charge in [-0.15, -0.1) is 28.0 Å². The van der Waals surface area contributed by atoms with E-state index in [4.69, 9.17) is 55.7 Å². The minimum absolute atomic E-state index is 0. The quantitative estimate of drug-likeness (QED) is 0.135. The number of hydrogen-bond donors (Lipinski definition) is 2. The van der Waals surface area contributed by atoms with Gasteiger partial charge in [0.15, 0.2) is 0 Å². The van der Waals surface area contributed by atoms with Crippen LogP contribution in [0, 0.1) is 32.0 Å². The maximum Gasteiger partial charge on any atom is 2.00 e. The van der Waals surface area contributed by atoms with Crippen molar-refractivity contribution in [3.63, 3.8) is 0 Å². The summed E-state index contributed by atoms with van der Waals surface area (Å²) >= 11 is 1.84. The molecule has 0 atom stereocenters. The number of hydrogen-bond acceptors (Lipinski definition) is 11. The van der Waals surface area contributed by atoms with E-state index in [2.05, 4.69) is 365 Å². The van der Waals surface area contributed by atoms with Crippen molar-refractivity contribution in [2.24, 2.45) is 0 Å². The molecular formula is C118H127N19O2Pt4S. The van der Waals surface area contributed by atoms with Crippen LogP contribution in [0.15, 0.2) is 232 Å². The number of fused-ring (bicyclic) bond motifs is 42. The number of nitrogens with zero attached hydrogens (tertiary/aromatic N) is 19. The molecule has 19 aromatic rings. The van der Waals surface area contributed by atoms with E-state index in [1.165, 1.54) is 20.9 Å². The molecule has 752 valence electrons. The minimum Gasteiger partial charge on any atom is -0.657 e. The number of benzene rings is 7. The molecule has 21 nitrogen and oxygen atoms in total. The normalized spacial score (nSPS) is 17.3. The van der Waals surface area contributed by atoms with E-state index in [-0.39, 0.29) is 155 Å². The largest absolute Gasteiger partial charge is 2.00 e. The first-order valence-corrected chi connectivity index (χ1v) is 49.5. The number of rotatable bonds is 0. The Morgan fingerprint density at radius 1 is 0.312 bits per heavy atom. The third-order valence-corrected chi connectivity index (χ3v) is 35.7. The zero-order valence-corrected chi connectivity index (χ0v) is 97.4. The number of phenols is 2. The Morgan fingerprint density at radius 2 is 0.618 bits per heavy atom. The van der Waals surface area contributed by atoms with Gasteiger partial charge in [-0.05, 0) is 128 Å². The van der Waals surface area contributed by atoms with E-state index in [9.17, 15) is 10.2 Å². The summed E-state index contributed by atoms with van der Waals surface area (Å²) < 4.78 is 15.3. The Labute approximate surface area is 907 Å². The van der Waals surface area contributed by atoms with Gasteiger partial charge in [-0.2, -0.15) is 93.6 Å². The molecule has 0 spiro atoms. The monoisotopic (exact) mass is 2650 g/mol. The fraction of sp³-hybridized carbons (Fsp3) is 0.356. The maximum atomic E-state index is 11.6. The molecule has 7 aromatic carbocycles. The third kappa shape index (κ3) is 16.8. The topological polar surface area (TPSA) is 225 Å². The van der Waals surface area contributed by atoms with E-state index >= 15 is 0 Å². The van der Waals surface area contributed by atoms with Crippen molar-refractivity contribution >= 4 is 43.9 Å². The van der Waals surface area contributed by atoms with E-state index in [1.807, 2.05) is 125 Å². The van der Waals surface area contributed by atoms with E-state index in [1.54, 1.807) is 9.36 Å². The average molecular weight is 2660 g/mol. The van der Waals surface area contributed by atoms with Crippen LogP contribution in [0.5, 0.6) is 11.5 Å². The molecule has 0 saturated carbocycles. The first-order chi connectivity index (χ1) is 65.7. The van der Waals surface area contributed by atoms with Crippen LogP contribution in [0.3, 0.4) is 0 Å². The Hall–Kier alpha value is -11.1. The minimum atomic E-state index is -0.549. The summed E-state index contributed by atoms with van der Waals surface area (Å²) in [6.45, 7) is 64.2. The summed E-state index contributed by atoms with van der Waals surface area (Å²) in [7, 11) is 0. The molecule has 32 bridgehead atoms. The molecular weight excluding hydrogens is 2530 g/mol. The Morgan fingerprint density at radius 3 is 0.993 bits per heavy atom. The number of para-hydroxylation sites is 4. The smallest absolute Gasteiger partial charge is 0.657 e. The third-order valence-electron chi connectivity index (χ3n) is 33.8. The van der Waals surface area contributed by atoms with Crippen molar-refractivity contribution in [3.8, 4) is 68.5 Å². The first-order valence-electron chi connectivity index (χ1n) is 48.7. The number of phenolic OH excluding ortho intramolecular Hbond substituents is 2. The zero-order chi connectivity index (χ0) is 99.8. The number of aromatic hydroxyl groups is 2. The van der Waals surface area contributed by atoms with Gasteiger partial charge in [0.05, 0.1) is 51.2 Å². The molecule has 4 aliphatic rings. The van der Waals surface area contributed by atoms with Crippen LogP contribution < -0.4 is 15.0 Å². The van der Waals surface area contributed by atoms with Crippen molar-refractivity contribution in [2.75, 3.05) is 0 Å². The molecule has 2 N–H and O–H groups in total. The summed E-state index contributed by atoms with van der Waals surface area (Å²) in [4.78, 5) is 17.8. The summed E-state index contributed by atoms with van der Waals surface area (Å²) in [6.07, 6.45) is 16.1. The van der Waals surface area contributed by atoms with E-state index in [0.29, 0.717) is 11.4 Å². The van der Waals surface area contributed by atoms with E-state index in [0.717, 1.165) is 152 Å². The fourth-order valence-electron chi connectivity index (χ4n) is 20.4. The molecule has 0 saturated heterocycles. The fourth-order valence-corrected chi connectivity index (χ4v) is 21.7. The molecule has 0 aliphatic carbocycles. The first kappa shape index (κ1) is 106. The molecule has 0 radical (unpaired) electrons. The standard InChI is InChI=1S/C30H31N5.C30H36N4O2.C30H36N4S.C28H24N6.4Pt/c1-19-16-20-18-21(17-19)34-14-12-24(32-34)29(4,5)30(6,7)25-13-15-35(33-25)27-23-11-9-8-10-22(23)26(31-27)28(20,2)3;1-27(2)19-11-9-13-21(25(19)35)33-17-15-23(31-33)29(5,6)30(7,8)24-16-18-34(32-24)22-14-10-12-20(26(22)36)28(27,3)4;1-19-15-20-17-21(16-19)33-13-11-23(31-33)29(7,8)30(9,10)24-12-14-34(32-24)22-18-25(28(20,5)6)35-26(22)27(2,3)4;1-27(2)23-11-13-33(31-23)21-9-5-7-17-15-19(29-25(17)21)20-16-18-8-6-10-22(26(18)30-20)34-14-12-24(32-34)28(27,3)4;;;;/h8-17H,1-7H3;9-18,35-36H,1-8H3;11-16H,1-10H3;5-16H,1-4H3;;;;/q-2;;2*-2;;3*+2. The van der Waals surface area contributed by atoms with Gasteiger partial charge >= 0.3 is 63.2 Å². The maximum absolute atomic E-state index is 11.6. The second-order valence-electron chi connectivity index (χ2n) is 46.5. The molecule has 0 fully saturated rings. The Balaban J connectivity index is 0.000000136. The molecule has 144 heavy (non-hydrogen) atoms. The average Bonchev–Trinajstić information content (AvgIpc) is 1.23. The van der Waals surface area contributed by atoms with Crippen molar-refractivity contribution in [2.45, 2.75) is 271 Å². The van der Waals surface area contributed by atoms with Gasteiger partial charge < -0.3 is 29.8 Å². The van der Waals surface area contributed by atoms with Crippen LogP contribution in [0.25, 0.3) is 89.6 Å². The van der Waals surface area contributed by atoms with Gasteiger partial charge in [-0.1, -0.05) is 308 Å². The van der Waals surface area contributed by atoms with Gasteiger partial charge in [0.1, 0.15) is 22.9 Å². The second kappa shape index (κ2) is 36.5. The van der Waals surface area contributed by atoms with Gasteiger partial charge in [0.2, 0.25) is 0 Å². The number of thiophene rings is 1. The van der Waals surface area contributed by atoms with Crippen LogP contribution in [0.4, 0.5) is 0 Å². The number of aryl methyl sites for hydroxylation is 2. The zero-order valence-electron chi connectivity index (χ0n) is 87.5. The van der Waals surface area contributed by atoms with Gasteiger partial charge in [0.25, 0.3) is 0 Å². The number of aromatic nitrogens is 19. The molecule has 0 unspecified atom stereocenters. The molecule has 16 heterocycles. The van der Waals surface area contributed by atoms with Gasteiger partial charge in [0, 0.05) is 135 Å². The Bertz CT molecular complexity index is 7860. The molecule has 23 rings (SSSR count). The molecule has 12 aromatic heterocycles. The summed E-state index contributed by atoms with van der Waals surface area (Å²) in [5.41, 5.74) is 20.9. The van der Waals surface area contributed by atoms with Crippen LogP contribution in [0.1, 0.15) is 281 Å². The summed E-state index contributed by atoms with van der Waals surface area (Å²) in [6, 6.07) is 73.6. The summed E-state index contributed by atoms with van der Waals surface area (Å²) in [5, 5.41) is 67.9. The molecule has 4 aliphatic heterocycles. The Kier molecular flexibility index (Phi) is 26.8. The van der Waals surface area contributed by atoms with Gasteiger partial charge in [-0.3, -0.25) is 30.5 Å². The predicted octanol–water partition coefficient (Wildman–Crippen LogP) is 25.2. The second-order valence-corrected chi connectivity index (χ2v) is 47.5. The van der Waals surface area contributed by atoms with Crippen LogP contribution >= 0.6 is 11.3 Å². The van der Waals surface area contributed by atoms with Crippen LogP contribution in [-0.2, 0) is 155 Å².